The molecule has 8 heteroatoms. The topological polar surface area (TPSA) is 96.6 Å². The van der Waals surface area contributed by atoms with E-state index in [0.717, 1.165) is 19.3 Å². The molecule has 0 radical (unpaired) electrons. The molecule has 0 saturated heterocycles. The summed E-state index contributed by atoms with van der Waals surface area (Å²) in [5.74, 6) is -0.261. The summed E-state index contributed by atoms with van der Waals surface area (Å²) in [4.78, 5) is 28.0. The summed E-state index contributed by atoms with van der Waals surface area (Å²) in [5, 5.41) is 17.2. The van der Waals surface area contributed by atoms with Crippen LogP contribution in [0.3, 0.4) is 0 Å². The smallest absolute Gasteiger partial charge is 0.305 e. The highest BCUT2D eigenvalue weighted by atomic mass is 32.1. The third-order valence-corrected chi connectivity index (χ3v) is 5.30. The second-order valence-electron chi connectivity index (χ2n) is 6.52. The molecule has 0 aliphatic heterocycles. The van der Waals surface area contributed by atoms with Gasteiger partial charge in [-0.3, -0.25) is 9.59 Å². The summed E-state index contributed by atoms with van der Waals surface area (Å²) >= 11 is 1.28. The summed E-state index contributed by atoms with van der Waals surface area (Å²) in [6.07, 6.45) is 6.93. The van der Waals surface area contributed by atoms with Crippen molar-refractivity contribution in [1.82, 2.24) is 14.6 Å². The molecule has 1 atom stereocenters. The molecule has 2 aromatic heterocycles. The number of anilines is 1. The Morgan fingerprint density at radius 2 is 2.21 bits per heavy atom. The Bertz CT molecular complexity index is 779. The van der Waals surface area contributed by atoms with E-state index in [1.54, 1.807) is 6.92 Å². The fraction of sp³-hybridized carbons (Fsp3) is 0.625. The Balaban J connectivity index is 1.77. The first kappa shape index (κ1) is 16.9. The molecule has 0 aromatic carbocycles. The summed E-state index contributed by atoms with van der Waals surface area (Å²) in [5.41, 5.74) is 0.434. The number of hydrogen-bond donors (Lipinski definition) is 2. The van der Waals surface area contributed by atoms with E-state index in [9.17, 15) is 14.7 Å². The Kier molecular flexibility index (Phi) is 5.13. The maximum Gasteiger partial charge on any atom is 0.305 e. The van der Waals surface area contributed by atoms with Gasteiger partial charge in [-0.1, -0.05) is 43.4 Å². The first-order chi connectivity index (χ1) is 11.5. The first-order valence-corrected chi connectivity index (χ1v) is 9.19. The van der Waals surface area contributed by atoms with Crippen molar-refractivity contribution in [2.45, 2.75) is 57.9 Å². The van der Waals surface area contributed by atoms with Crippen molar-refractivity contribution in [2.24, 2.45) is 5.92 Å². The van der Waals surface area contributed by atoms with Crippen LogP contribution >= 0.6 is 11.3 Å². The molecule has 0 unspecified atom stereocenters. The third-order valence-electron chi connectivity index (χ3n) is 4.46. The average molecular weight is 350 g/mol. The van der Waals surface area contributed by atoms with Gasteiger partial charge in [0.15, 0.2) is 0 Å². The van der Waals surface area contributed by atoms with Crippen LogP contribution < -0.4 is 10.9 Å². The Hall–Kier alpha value is -1.96. The third kappa shape index (κ3) is 4.11. The van der Waals surface area contributed by atoms with Crippen molar-refractivity contribution in [3.63, 3.8) is 0 Å². The Morgan fingerprint density at radius 1 is 1.46 bits per heavy atom. The molecule has 0 spiro atoms. The highest BCUT2D eigenvalue weighted by molar-refractivity contribution is 7.20. The number of aliphatic carboxylic acids is 1. The molecule has 1 fully saturated rings. The molecule has 2 aromatic rings. The predicted octanol–water partition coefficient (Wildman–Crippen LogP) is 2.69. The van der Waals surface area contributed by atoms with E-state index in [1.165, 1.54) is 41.2 Å². The first-order valence-electron chi connectivity index (χ1n) is 8.37. The molecular formula is C16H22N4O3S. The van der Waals surface area contributed by atoms with E-state index >= 15 is 0 Å². The van der Waals surface area contributed by atoms with E-state index in [1.807, 2.05) is 0 Å². The van der Waals surface area contributed by atoms with Gasteiger partial charge in [0, 0.05) is 17.8 Å². The quantitative estimate of drug-likeness (QED) is 0.831. The fourth-order valence-corrected chi connectivity index (χ4v) is 4.31. The number of carboxylic acids is 1. The van der Waals surface area contributed by atoms with Gasteiger partial charge < -0.3 is 10.4 Å². The lowest BCUT2D eigenvalue weighted by Crippen LogP contribution is -2.27. The number of carboxylic acid groups (broad SMARTS) is 1. The minimum absolute atomic E-state index is 0.0494. The minimum atomic E-state index is -0.824. The van der Waals surface area contributed by atoms with Crippen molar-refractivity contribution < 1.29 is 9.90 Å². The number of carbonyl (C=O) groups is 1. The molecule has 1 aliphatic carbocycles. The molecular weight excluding hydrogens is 328 g/mol. The highest BCUT2D eigenvalue weighted by Crippen LogP contribution is 2.29. The fourth-order valence-electron chi connectivity index (χ4n) is 3.38. The number of aryl methyl sites for hydroxylation is 1. The van der Waals surface area contributed by atoms with Gasteiger partial charge in [-0.05, 0) is 19.3 Å². The lowest BCUT2D eigenvalue weighted by atomic mass is 9.84. The second-order valence-corrected chi connectivity index (χ2v) is 7.47. The SMILES string of the molecule is Cc1cc(=O)n2nc(N[C@@H](CC(=O)O)CC3CCCCC3)sc2n1. The van der Waals surface area contributed by atoms with Crippen molar-refractivity contribution in [2.75, 3.05) is 5.32 Å². The van der Waals surface area contributed by atoms with Gasteiger partial charge in [-0.15, -0.1) is 5.10 Å². The molecule has 0 bridgehead atoms. The minimum Gasteiger partial charge on any atom is -0.481 e. The van der Waals surface area contributed by atoms with Gasteiger partial charge in [0.05, 0.1) is 6.42 Å². The molecule has 24 heavy (non-hydrogen) atoms. The van der Waals surface area contributed by atoms with Crippen LogP contribution in [0, 0.1) is 12.8 Å². The van der Waals surface area contributed by atoms with E-state index in [2.05, 4.69) is 15.4 Å². The van der Waals surface area contributed by atoms with Gasteiger partial charge in [0.25, 0.3) is 5.56 Å². The van der Waals surface area contributed by atoms with Crippen LogP contribution in [-0.4, -0.2) is 31.7 Å². The summed E-state index contributed by atoms with van der Waals surface area (Å²) < 4.78 is 1.26. The van der Waals surface area contributed by atoms with E-state index in [-0.39, 0.29) is 18.0 Å². The standard InChI is InChI=1S/C16H22N4O3S/c1-10-7-13(21)20-16(17-10)24-15(19-20)18-12(9-14(22)23)8-11-5-3-2-4-6-11/h7,11-12H,2-6,8-9H2,1H3,(H,18,19)(H,22,23)/t12-/m1/s1. The zero-order valence-electron chi connectivity index (χ0n) is 13.7. The van der Waals surface area contributed by atoms with Crippen LogP contribution in [0.5, 0.6) is 0 Å². The van der Waals surface area contributed by atoms with Gasteiger partial charge in [0.2, 0.25) is 10.1 Å². The number of nitrogens with zero attached hydrogens (tertiary/aromatic N) is 3. The van der Waals surface area contributed by atoms with Gasteiger partial charge in [-0.2, -0.15) is 4.52 Å². The second kappa shape index (κ2) is 7.29. The zero-order valence-corrected chi connectivity index (χ0v) is 14.5. The maximum atomic E-state index is 11.9. The summed E-state index contributed by atoms with van der Waals surface area (Å²) in [6, 6.07) is 1.26. The van der Waals surface area contributed by atoms with Crippen molar-refractivity contribution in [3.05, 3.63) is 22.1 Å². The van der Waals surface area contributed by atoms with E-state index in [0.29, 0.717) is 21.7 Å². The van der Waals surface area contributed by atoms with Crippen LogP contribution in [0.25, 0.3) is 4.96 Å². The van der Waals surface area contributed by atoms with Crippen LogP contribution in [0.4, 0.5) is 5.13 Å². The van der Waals surface area contributed by atoms with Crippen LogP contribution in [-0.2, 0) is 4.79 Å². The normalized spacial score (nSPS) is 17.0. The molecule has 1 saturated carbocycles. The zero-order chi connectivity index (χ0) is 17.1. The maximum absolute atomic E-state index is 11.9. The monoisotopic (exact) mass is 350 g/mol. The molecule has 3 rings (SSSR count). The number of aromatic nitrogens is 3. The van der Waals surface area contributed by atoms with Gasteiger partial charge in [-0.25, -0.2) is 4.98 Å². The number of rotatable bonds is 6. The van der Waals surface area contributed by atoms with Crippen LogP contribution in [0.15, 0.2) is 10.9 Å². The van der Waals surface area contributed by atoms with Gasteiger partial charge >= 0.3 is 5.97 Å². The summed E-state index contributed by atoms with van der Waals surface area (Å²) in [7, 11) is 0. The molecule has 2 heterocycles. The van der Waals surface area contributed by atoms with Crippen molar-refractivity contribution >= 4 is 27.4 Å². The predicted molar refractivity (Wildman–Crippen MR) is 92.7 cm³/mol. The lowest BCUT2D eigenvalue weighted by molar-refractivity contribution is -0.137. The van der Waals surface area contributed by atoms with Crippen molar-refractivity contribution in [1.29, 1.82) is 0 Å². The lowest BCUT2D eigenvalue weighted by Gasteiger charge is -2.26. The van der Waals surface area contributed by atoms with Gasteiger partial charge in [0.1, 0.15) is 0 Å². The largest absolute Gasteiger partial charge is 0.481 e. The highest BCUT2D eigenvalue weighted by Gasteiger charge is 2.22. The number of hydrogen-bond acceptors (Lipinski definition) is 6. The van der Waals surface area contributed by atoms with E-state index < -0.39 is 5.97 Å². The van der Waals surface area contributed by atoms with Crippen molar-refractivity contribution in [3.8, 4) is 0 Å². The van der Waals surface area contributed by atoms with Crippen LogP contribution in [0.1, 0.15) is 50.6 Å². The number of nitrogens with one attached hydrogen (secondary N) is 1. The molecule has 0 amide bonds. The summed E-state index contributed by atoms with van der Waals surface area (Å²) in [6.45, 7) is 1.77. The molecule has 7 nitrogen and oxygen atoms in total. The molecule has 2 N–H and O–H groups in total. The van der Waals surface area contributed by atoms with E-state index in [4.69, 9.17) is 0 Å². The van der Waals surface area contributed by atoms with Crippen LogP contribution in [0.2, 0.25) is 0 Å². The average Bonchev–Trinajstić information content (AvgIpc) is 2.90. The number of fused-ring (bicyclic) bond motifs is 1. The molecule has 1 aliphatic rings. The molecule has 130 valence electrons. The Labute approximate surface area is 143 Å². The Morgan fingerprint density at radius 3 is 2.92 bits per heavy atom.